The Hall–Kier alpha value is -1.68. The van der Waals surface area contributed by atoms with Crippen LogP contribution in [0.25, 0.3) is 0 Å². The van der Waals surface area contributed by atoms with E-state index in [1.54, 1.807) is 25.0 Å². The van der Waals surface area contributed by atoms with E-state index in [4.69, 9.17) is 5.41 Å². The Bertz CT molecular complexity index is 1710. The van der Waals surface area contributed by atoms with E-state index in [2.05, 4.69) is 291 Å². The number of hydrogen-bond acceptors (Lipinski definition) is 4. The molecule has 1 heterocycles. The Labute approximate surface area is 609 Å². The van der Waals surface area contributed by atoms with Gasteiger partial charge in [-0.15, -0.1) is 0 Å². The average Bonchev–Trinajstić information content (AvgIpc) is 0.776. The molecule has 578 valence electrons. The number of hydrogen-bond donors (Lipinski definition) is 1. The molecular weight excluding hydrogens is 1150 g/mol. The highest BCUT2D eigenvalue weighted by molar-refractivity contribution is 5.80. The van der Waals surface area contributed by atoms with Crippen LogP contribution in [0.4, 0.5) is 0 Å². The lowest BCUT2D eigenvalue weighted by Gasteiger charge is -2.56. The van der Waals surface area contributed by atoms with Crippen LogP contribution < -0.4 is 0 Å². The van der Waals surface area contributed by atoms with E-state index in [1.807, 2.05) is 27.7 Å². The van der Waals surface area contributed by atoms with Crippen LogP contribution in [0.2, 0.25) is 0 Å². The van der Waals surface area contributed by atoms with E-state index in [-0.39, 0.29) is 11.1 Å². The van der Waals surface area contributed by atoms with E-state index < -0.39 is 0 Å². The summed E-state index contributed by atoms with van der Waals surface area (Å²) in [7, 11) is 2.26. The third kappa shape index (κ3) is 79.5. The van der Waals surface area contributed by atoms with Crippen LogP contribution in [0.1, 0.15) is 445 Å². The largest absolute Gasteiger partial charge is 0.354 e. The molecule has 0 bridgehead atoms. The fraction of sp³-hybridized carbons (Fsp3) is 0.912. The highest BCUT2D eigenvalue weighted by atomic mass is 15.3. The van der Waals surface area contributed by atoms with Gasteiger partial charge in [-0.2, -0.15) is 0 Å². The van der Waals surface area contributed by atoms with Gasteiger partial charge in [-0.05, 0) is 204 Å². The number of likely N-dealkylation sites (tertiary alicyclic amines) is 1. The number of allylic oxidation sites excluding steroid dienone is 3. The van der Waals surface area contributed by atoms with Gasteiger partial charge in [0, 0.05) is 41.0 Å². The van der Waals surface area contributed by atoms with Crippen molar-refractivity contribution < 1.29 is 0 Å². The van der Waals surface area contributed by atoms with Crippen molar-refractivity contribution in [1.29, 1.82) is 5.41 Å². The zero-order chi connectivity index (χ0) is 77.5. The van der Waals surface area contributed by atoms with Crippen molar-refractivity contribution in [3.8, 4) is 0 Å². The number of rotatable bonds is 28. The Morgan fingerprint density at radius 2 is 0.832 bits per heavy atom. The first-order valence-electron chi connectivity index (χ1n) is 40.7. The van der Waals surface area contributed by atoms with Crippen molar-refractivity contribution in [2.75, 3.05) is 13.6 Å². The summed E-state index contributed by atoms with van der Waals surface area (Å²) >= 11 is 0. The summed E-state index contributed by atoms with van der Waals surface area (Å²) in [6.45, 7) is 107. The Morgan fingerprint density at radius 1 is 0.516 bits per heavy atom. The summed E-state index contributed by atoms with van der Waals surface area (Å²) in [5.41, 5.74) is 8.71. The predicted octanol–water partition coefficient (Wildman–Crippen LogP) is 32.4. The molecule has 4 unspecified atom stereocenters. The molecule has 0 radical (unpaired) electrons. The molecule has 1 aliphatic rings. The molecule has 1 saturated heterocycles. The standard InChI is InChI=1S/C27H52.C19H37N3.C12H26.C9H20.3C5H12.C4H10.C3H7N.C2H6/c1-13-14-15-16-25(20(4)5)23(9)26(21(6)7)24(18-27(10,11)12)17-22(8)19(2)3;1-10-11-12-22(16(4)20-15(2)3)17-13-18(5,6)21(9)19(7,8)14-17;1-10(8-11(2,3)4)9-12(5,6)7;1-6-8(2)7-9(3,4)5;3*1-3-5-4-2;1-4(2)3;1-3(2)4;1-2/h19-20,22,24,26H,6,13-18H2,1-5,7-12H3;17H,4,10-14H2,1-3,5-9H3;10H,8-9H2,1-7H3;8H,6-7H2,1-5H3;3*3-5H2,1-2H3;4H,1-3H3;4H,1-2H3;1-2H3. The molecule has 0 amide bonds. The lowest BCUT2D eigenvalue weighted by Crippen LogP contribution is -2.62. The number of piperidine rings is 1. The van der Waals surface area contributed by atoms with Crippen molar-refractivity contribution in [3.05, 3.63) is 35.7 Å². The first kappa shape index (κ1) is 112. The maximum atomic E-state index is 6.50. The number of nitrogens with one attached hydrogen (secondary N) is 1. The molecule has 0 aromatic heterocycles. The first-order valence-corrected chi connectivity index (χ1v) is 40.7. The molecule has 0 aromatic carbocycles. The summed E-state index contributed by atoms with van der Waals surface area (Å²) < 4.78 is 0. The zero-order valence-corrected chi connectivity index (χ0v) is 75.4. The summed E-state index contributed by atoms with van der Waals surface area (Å²) in [4.78, 5) is 9.65. The SMILES string of the molecule is C=C(C)C(C(C)=C(CCCCC)C(C)C)C(CC(C)C(C)C)CC(C)(C)C.C=C(N=C(C)C)N(CCCC)C1CC(C)(C)N(C)C(C)(C)C1.CC.CC(C)=N.CC(C)C.CC(CC(C)(C)C)CC(C)(C)C.CCC(C)CC(C)(C)C.CCCCC.CCCCC.CCCCC. The molecule has 1 rings (SSSR count). The van der Waals surface area contributed by atoms with Gasteiger partial charge in [0.05, 0.1) is 0 Å². The lowest BCUT2D eigenvalue weighted by atomic mass is 9.68. The topological polar surface area (TPSA) is 42.7 Å². The first-order chi connectivity index (χ1) is 43.1. The minimum Gasteiger partial charge on any atom is -0.354 e. The molecular formula is C91H194N4. The molecule has 1 fully saturated rings. The fourth-order valence-electron chi connectivity index (χ4n) is 12.8. The van der Waals surface area contributed by atoms with Gasteiger partial charge in [0.15, 0.2) is 0 Å². The highest BCUT2D eigenvalue weighted by Crippen LogP contribution is 2.44. The van der Waals surface area contributed by atoms with Crippen molar-refractivity contribution >= 4 is 11.4 Å². The van der Waals surface area contributed by atoms with E-state index in [9.17, 15) is 0 Å². The molecule has 95 heavy (non-hydrogen) atoms. The third-order valence-electron chi connectivity index (χ3n) is 17.3. The zero-order valence-electron chi connectivity index (χ0n) is 75.4. The Kier molecular flexibility index (Phi) is 74.5. The molecule has 4 heteroatoms. The van der Waals surface area contributed by atoms with Gasteiger partial charge in [-0.1, -0.05) is 342 Å². The van der Waals surface area contributed by atoms with Crippen molar-refractivity contribution in [1.82, 2.24) is 9.80 Å². The lowest BCUT2D eigenvalue weighted by molar-refractivity contribution is -0.0409. The van der Waals surface area contributed by atoms with E-state index >= 15 is 0 Å². The normalized spacial score (nSPS) is 15.1. The molecule has 0 saturated carbocycles. The second kappa shape index (κ2) is 63.3. The smallest absolute Gasteiger partial charge is 0.121 e. The van der Waals surface area contributed by atoms with Crippen LogP contribution in [-0.4, -0.2) is 51.9 Å². The van der Waals surface area contributed by atoms with Crippen LogP contribution in [0.15, 0.2) is 40.7 Å². The van der Waals surface area contributed by atoms with Crippen LogP contribution in [-0.2, 0) is 0 Å². The van der Waals surface area contributed by atoms with Gasteiger partial charge in [0.2, 0.25) is 0 Å². The van der Waals surface area contributed by atoms with Gasteiger partial charge in [-0.25, -0.2) is 4.99 Å². The highest BCUT2D eigenvalue weighted by Gasteiger charge is 2.45. The van der Waals surface area contributed by atoms with Gasteiger partial charge in [0.25, 0.3) is 0 Å². The summed E-state index contributed by atoms with van der Waals surface area (Å²) in [5.74, 6) is 6.89. The van der Waals surface area contributed by atoms with Gasteiger partial charge in [0.1, 0.15) is 5.82 Å². The maximum absolute atomic E-state index is 6.50. The third-order valence-corrected chi connectivity index (χ3v) is 17.3. The van der Waals surface area contributed by atoms with Crippen LogP contribution >= 0.6 is 0 Å². The van der Waals surface area contributed by atoms with Gasteiger partial charge >= 0.3 is 0 Å². The summed E-state index contributed by atoms with van der Waals surface area (Å²) in [6, 6.07) is 0.517. The second-order valence-corrected chi connectivity index (χ2v) is 37.1. The molecule has 1 aliphatic heterocycles. The van der Waals surface area contributed by atoms with E-state index in [0.29, 0.717) is 51.2 Å². The maximum Gasteiger partial charge on any atom is 0.121 e. The molecule has 4 atom stereocenters. The Morgan fingerprint density at radius 3 is 1.06 bits per heavy atom. The average molecular weight is 1340 g/mol. The predicted molar refractivity (Wildman–Crippen MR) is 452 cm³/mol. The van der Waals surface area contributed by atoms with Crippen molar-refractivity contribution in [2.24, 2.45) is 74.0 Å². The molecule has 0 aliphatic carbocycles. The van der Waals surface area contributed by atoms with Crippen LogP contribution in [0, 0.1) is 74.4 Å². The van der Waals surface area contributed by atoms with Gasteiger partial charge in [-0.3, -0.25) is 4.90 Å². The minimum absolute atomic E-state index is 0.197. The van der Waals surface area contributed by atoms with Gasteiger partial charge < -0.3 is 10.3 Å². The van der Waals surface area contributed by atoms with Crippen LogP contribution in [0.5, 0.6) is 0 Å². The second-order valence-electron chi connectivity index (χ2n) is 37.1. The molecule has 0 aromatic rings. The monoisotopic (exact) mass is 1340 g/mol. The minimum atomic E-state index is 0.197. The molecule has 4 nitrogen and oxygen atoms in total. The van der Waals surface area contributed by atoms with Crippen molar-refractivity contribution in [2.45, 2.75) is 463 Å². The quantitative estimate of drug-likeness (QED) is 0.0482. The molecule has 0 spiro atoms. The summed E-state index contributed by atoms with van der Waals surface area (Å²) in [5, 5.41) is 6.50. The number of unbranched alkanes of at least 4 members (excludes halogenated alkanes) is 9. The van der Waals surface area contributed by atoms with Crippen molar-refractivity contribution in [3.63, 3.8) is 0 Å². The molecule has 1 N–H and O–H groups in total. The summed E-state index contributed by atoms with van der Waals surface area (Å²) in [6.07, 6.45) is 30.1. The van der Waals surface area contributed by atoms with Crippen LogP contribution in [0.3, 0.4) is 0 Å². The number of aliphatic imine (C=N–C) groups is 1. The van der Waals surface area contributed by atoms with E-state index in [0.717, 1.165) is 60.5 Å². The number of nitrogens with zero attached hydrogens (tertiary/aromatic N) is 3. The Balaban J connectivity index is -0.000000138. The fourth-order valence-corrected chi connectivity index (χ4v) is 12.8. The van der Waals surface area contributed by atoms with E-state index in [1.165, 1.54) is 140 Å².